The van der Waals surface area contributed by atoms with E-state index in [0.29, 0.717) is 36.3 Å². The van der Waals surface area contributed by atoms with Crippen LogP contribution in [0.4, 0.5) is 0 Å². The average Bonchev–Trinajstić information content (AvgIpc) is 3.44. The van der Waals surface area contributed by atoms with Crippen molar-refractivity contribution in [3.8, 4) is 22.8 Å². The number of aromatic nitrogens is 2. The number of carbonyl (C=O) groups is 3. The molecule has 1 fully saturated rings. The molecule has 0 spiro atoms. The normalized spacial score (nSPS) is 14.3. The van der Waals surface area contributed by atoms with Crippen molar-refractivity contribution in [3.05, 3.63) is 30.0 Å². The molecule has 0 aliphatic heterocycles. The summed E-state index contributed by atoms with van der Waals surface area (Å²) in [6.45, 7) is 4.73. The number of rotatable bonds is 16. The van der Waals surface area contributed by atoms with Gasteiger partial charge in [0.05, 0.1) is 32.6 Å². The Kier molecular flexibility index (Phi) is 13.2. The average molecular weight is 585 g/mol. The van der Waals surface area contributed by atoms with Gasteiger partial charge in [-0.2, -0.15) is 5.10 Å². The zero-order valence-corrected chi connectivity index (χ0v) is 25.9. The lowest BCUT2D eigenvalue weighted by atomic mass is 9.85. The zero-order chi connectivity index (χ0) is 30.5. The van der Waals surface area contributed by atoms with Crippen LogP contribution in [0.2, 0.25) is 0 Å². The highest BCUT2D eigenvalue weighted by atomic mass is 16.5. The van der Waals surface area contributed by atoms with E-state index in [-0.39, 0.29) is 30.5 Å². The molecule has 10 nitrogen and oxygen atoms in total. The van der Waals surface area contributed by atoms with Gasteiger partial charge in [-0.15, -0.1) is 0 Å². The summed E-state index contributed by atoms with van der Waals surface area (Å²) in [4.78, 5) is 37.9. The minimum Gasteiger partial charge on any atom is -0.496 e. The molecule has 10 heteroatoms. The first-order valence-corrected chi connectivity index (χ1v) is 15.3. The van der Waals surface area contributed by atoms with Crippen LogP contribution in [0.3, 0.4) is 0 Å². The van der Waals surface area contributed by atoms with E-state index in [0.717, 1.165) is 30.5 Å². The highest BCUT2D eigenvalue weighted by Crippen LogP contribution is 2.39. The SMILES string of the molecule is CCC(CC)Cn1nc(C(=O)N[C@@H](CCC2CCCCC2)CC(=O)NCC(=O)OC)cc1-c1c(OC)cccc1OC. The molecule has 1 aliphatic carbocycles. The number of carbonyl (C=O) groups excluding carboxylic acids is 3. The summed E-state index contributed by atoms with van der Waals surface area (Å²) in [6.07, 6.45) is 9.71. The monoisotopic (exact) mass is 584 g/mol. The van der Waals surface area contributed by atoms with Gasteiger partial charge in [0, 0.05) is 19.0 Å². The fourth-order valence-corrected chi connectivity index (χ4v) is 5.70. The number of hydrogen-bond acceptors (Lipinski definition) is 7. The molecule has 3 rings (SSSR count). The predicted octanol–water partition coefficient (Wildman–Crippen LogP) is 5.14. The summed E-state index contributed by atoms with van der Waals surface area (Å²) in [6, 6.07) is 6.96. The van der Waals surface area contributed by atoms with E-state index in [1.807, 2.05) is 22.9 Å². The van der Waals surface area contributed by atoms with Gasteiger partial charge in [0.25, 0.3) is 5.91 Å². The number of nitrogens with one attached hydrogen (secondary N) is 2. The second-order valence-corrected chi connectivity index (χ2v) is 11.1. The number of benzene rings is 1. The van der Waals surface area contributed by atoms with Crippen molar-refractivity contribution < 1.29 is 28.6 Å². The first-order chi connectivity index (χ1) is 20.3. The van der Waals surface area contributed by atoms with Crippen LogP contribution in [-0.2, 0) is 20.9 Å². The van der Waals surface area contributed by atoms with Crippen LogP contribution in [0.25, 0.3) is 11.3 Å². The third-order valence-corrected chi connectivity index (χ3v) is 8.36. The van der Waals surface area contributed by atoms with E-state index in [9.17, 15) is 14.4 Å². The van der Waals surface area contributed by atoms with Crippen LogP contribution in [0, 0.1) is 11.8 Å². The molecule has 0 unspecified atom stereocenters. The molecule has 1 aliphatic rings. The molecule has 1 aromatic carbocycles. The van der Waals surface area contributed by atoms with E-state index >= 15 is 0 Å². The van der Waals surface area contributed by atoms with Crippen LogP contribution in [0.5, 0.6) is 11.5 Å². The lowest BCUT2D eigenvalue weighted by molar-refractivity contribution is -0.141. The predicted molar refractivity (Wildman–Crippen MR) is 162 cm³/mol. The van der Waals surface area contributed by atoms with E-state index in [1.54, 1.807) is 20.3 Å². The quantitative estimate of drug-likeness (QED) is 0.262. The molecule has 42 heavy (non-hydrogen) atoms. The molecule has 232 valence electrons. The van der Waals surface area contributed by atoms with Gasteiger partial charge in [0.15, 0.2) is 5.69 Å². The van der Waals surface area contributed by atoms with Crippen LogP contribution >= 0.6 is 0 Å². The number of nitrogens with zero attached hydrogens (tertiary/aromatic N) is 2. The smallest absolute Gasteiger partial charge is 0.325 e. The second-order valence-electron chi connectivity index (χ2n) is 11.1. The van der Waals surface area contributed by atoms with Gasteiger partial charge < -0.3 is 24.8 Å². The molecule has 2 N–H and O–H groups in total. The Morgan fingerprint density at radius 2 is 1.69 bits per heavy atom. The maximum Gasteiger partial charge on any atom is 0.325 e. The minimum atomic E-state index is -0.520. The highest BCUT2D eigenvalue weighted by Gasteiger charge is 2.25. The van der Waals surface area contributed by atoms with Crippen molar-refractivity contribution in [2.45, 2.75) is 90.6 Å². The Balaban J connectivity index is 1.88. The topological polar surface area (TPSA) is 121 Å². The number of ether oxygens (including phenoxy) is 3. The molecule has 1 saturated carbocycles. The van der Waals surface area contributed by atoms with E-state index in [1.165, 1.54) is 39.2 Å². The van der Waals surface area contributed by atoms with Crippen molar-refractivity contribution in [3.63, 3.8) is 0 Å². The molecule has 0 radical (unpaired) electrons. The first-order valence-electron chi connectivity index (χ1n) is 15.3. The molecule has 0 bridgehead atoms. The molecule has 1 heterocycles. The summed E-state index contributed by atoms with van der Waals surface area (Å²) >= 11 is 0. The third kappa shape index (κ3) is 9.22. The van der Waals surface area contributed by atoms with Crippen molar-refractivity contribution in [2.24, 2.45) is 11.8 Å². The van der Waals surface area contributed by atoms with Gasteiger partial charge in [-0.1, -0.05) is 64.9 Å². The summed E-state index contributed by atoms with van der Waals surface area (Å²) in [5.74, 6) is 1.05. The van der Waals surface area contributed by atoms with Gasteiger partial charge in [-0.05, 0) is 42.9 Å². The van der Waals surface area contributed by atoms with Gasteiger partial charge in [-0.3, -0.25) is 19.1 Å². The summed E-state index contributed by atoms with van der Waals surface area (Å²) < 4.78 is 17.8. The van der Waals surface area contributed by atoms with Gasteiger partial charge in [-0.25, -0.2) is 0 Å². The van der Waals surface area contributed by atoms with Crippen molar-refractivity contribution >= 4 is 17.8 Å². The van der Waals surface area contributed by atoms with Crippen molar-refractivity contribution in [1.82, 2.24) is 20.4 Å². The number of hydrogen-bond donors (Lipinski definition) is 2. The van der Waals surface area contributed by atoms with Crippen molar-refractivity contribution in [1.29, 1.82) is 0 Å². The molecular weight excluding hydrogens is 536 g/mol. The Morgan fingerprint density at radius 3 is 2.29 bits per heavy atom. The molecule has 0 saturated heterocycles. The summed E-state index contributed by atoms with van der Waals surface area (Å²) in [7, 11) is 4.49. The van der Waals surface area contributed by atoms with E-state index < -0.39 is 12.0 Å². The van der Waals surface area contributed by atoms with Crippen LogP contribution in [0.1, 0.15) is 88.5 Å². The van der Waals surface area contributed by atoms with Gasteiger partial charge >= 0.3 is 5.97 Å². The highest BCUT2D eigenvalue weighted by molar-refractivity contribution is 5.94. The zero-order valence-electron chi connectivity index (χ0n) is 25.9. The maximum atomic E-state index is 13.7. The molecule has 1 aromatic heterocycles. The standard InChI is InChI=1S/C32H48N4O6/c1-6-22(7-2)21-36-26(31-27(40-3)14-11-15-28(31)41-4)19-25(35-36)32(39)34-24(17-16-23-12-9-8-10-13-23)18-29(37)33-20-30(38)42-5/h11,14-15,19,22-24H,6-10,12-13,16-18,20-21H2,1-5H3,(H,33,37)(H,34,39)/t24-/m0/s1. The molecule has 2 amide bonds. The number of methoxy groups -OCH3 is 3. The van der Waals surface area contributed by atoms with Crippen molar-refractivity contribution in [2.75, 3.05) is 27.9 Å². The van der Waals surface area contributed by atoms with Crippen LogP contribution < -0.4 is 20.1 Å². The molecular formula is C32H48N4O6. The Labute approximate surface area is 249 Å². The first kappa shape index (κ1) is 32.9. The lowest BCUT2D eigenvalue weighted by Gasteiger charge is -2.24. The largest absolute Gasteiger partial charge is 0.496 e. The van der Waals surface area contributed by atoms with Crippen LogP contribution in [0.15, 0.2) is 24.3 Å². The third-order valence-electron chi connectivity index (χ3n) is 8.36. The number of amides is 2. The molecule has 2 aromatic rings. The number of esters is 1. The van der Waals surface area contributed by atoms with Gasteiger partial charge in [0.1, 0.15) is 18.0 Å². The van der Waals surface area contributed by atoms with Gasteiger partial charge in [0.2, 0.25) is 5.91 Å². The fraction of sp³-hybridized carbons (Fsp3) is 0.625. The second kappa shape index (κ2) is 16.8. The minimum absolute atomic E-state index is 0.0666. The molecule has 1 atom stereocenters. The lowest BCUT2D eigenvalue weighted by Crippen LogP contribution is -2.40. The van der Waals surface area contributed by atoms with E-state index in [4.69, 9.17) is 14.6 Å². The fourth-order valence-electron chi connectivity index (χ4n) is 5.70. The summed E-state index contributed by atoms with van der Waals surface area (Å²) in [5, 5.41) is 10.4. The van der Waals surface area contributed by atoms with Crippen LogP contribution in [-0.4, -0.2) is 61.5 Å². The Morgan fingerprint density at radius 1 is 1.02 bits per heavy atom. The maximum absolute atomic E-state index is 13.7. The Bertz CT molecular complexity index is 1150. The Hall–Kier alpha value is -3.56. The summed E-state index contributed by atoms with van der Waals surface area (Å²) in [5.41, 5.74) is 1.73. The van der Waals surface area contributed by atoms with E-state index in [2.05, 4.69) is 29.2 Å².